The van der Waals surface area contributed by atoms with E-state index in [9.17, 15) is 4.39 Å². The van der Waals surface area contributed by atoms with Crippen LogP contribution in [-0.2, 0) is 6.54 Å². The largest absolute Gasteiger partial charge is 0.314 e. The quantitative estimate of drug-likeness (QED) is 0.837. The standard InChI is InChI=1S/C13H19FN2/c1-3-16(12-7-15-8-12)9-11-5-4-10(2)13(14)6-11/h4-6,12,15H,3,7-9H2,1-2H3. The predicted octanol–water partition coefficient (Wildman–Crippen LogP) is 1.93. The Kier molecular flexibility index (Phi) is 3.56. The molecule has 0 spiro atoms. The van der Waals surface area contributed by atoms with E-state index in [2.05, 4.69) is 17.1 Å². The molecule has 0 aliphatic carbocycles. The lowest BCUT2D eigenvalue weighted by Crippen LogP contribution is -2.56. The molecule has 0 bridgehead atoms. The van der Waals surface area contributed by atoms with Crippen LogP contribution in [0.1, 0.15) is 18.1 Å². The van der Waals surface area contributed by atoms with Gasteiger partial charge < -0.3 is 5.32 Å². The number of nitrogens with one attached hydrogen (secondary N) is 1. The third-order valence-electron chi connectivity index (χ3n) is 3.30. The zero-order chi connectivity index (χ0) is 11.5. The van der Waals surface area contributed by atoms with Gasteiger partial charge in [0, 0.05) is 25.7 Å². The molecule has 1 aliphatic heterocycles. The van der Waals surface area contributed by atoms with Crippen molar-refractivity contribution >= 4 is 0 Å². The Morgan fingerprint density at radius 3 is 2.69 bits per heavy atom. The molecular weight excluding hydrogens is 203 g/mol. The van der Waals surface area contributed by atoms with Crippen LogP contribution in [0.2, 0.25) is 0 Å². The molecule has 1 heterocycles. The van der Waals surface area contributed by atoms with E-state index in [4.69, 9.17) is 0 Å². The topological polar surface area (TPSA) is 15.3 Å². The molecular formula is C13H19FN2. The monoisotopic (exact) mass is 222 g/mol. The summed E-state index contributed by atoms with van der Waals surface area (Å²) in [6.07, 6.45) is 0. The highest BCUT2D eigenvalue weighted by Gasteiger charge is 2.23. The van der Waals surface area contributed by atoms with E-state index in [0.29, 0.717) is 6.04 Å². The molecule has 88 valence electrons. The number of nitrogens with zero attached hydrogens (tertiary/aromatic N) is 1. The van der Waals surface area contributed by atoms with Crippen LogP contribution >= 0.6 is 0 Å². The van der Waals surface area contributed by atoms with Crippen LogP contribution in [0.5, 0.6) is 0 Å². The molecule has 16 heavy (non-hydrogen) atoms. The summed E-state index contributed by atoms with van der Waals surface area (Å²) in [6.45, 7) is 7.93. The minimum absolute atomic E-state index is 0.0970. The van der Waals surface area contributed by atoms with E-state index < -0.39 is 0 Å². The van der Waals surface area contributed by atoms with Gasteiger partial charge in [-0.2, -0.15) is 0 Å². The fourth-order valence-corrected chi connectivity index (χ4v) is 2.00. The summed E-state index contributed by atoms with van der Waals surface area (Å²) in [4.78, 5) is 2.39. The number of benzene rings is 1. The molecule has 2 rings (SSSR count). The van der Waals surface area contributed by atoms with Crippen molar-refractivity contribution < 1.29 is 4.39 Å². The second kappa shape index (κ2) is 4.93. The van der Waals surface area contributed by atoms with Gasteiger partial charge in [-0.1, -0.05) is 19.1 Å². The summed E-state index contributed by atoms with van der Waals surface area (Å²) in [7, 11) is 0. The van der Waals surface area contributed by atoms with Crippen molar-refractivity contribution in [3.8, 4) is 0 Å². The number of rotatable bonds is 4. The number of likely N-dealkylation sites (N-methyl/N-ethyl adjacent to an activating group) is 1. The third-order valence-corrected chi connectivity index (χ3v) is 3.30. The van der Waals surface area contributed by atoms with Crippen molar-refractivity contribution in [2.75, 3.05) is 19.6 Å². The van der Waals surface area contributed by atoms with Crippen LogP contribution in [0.15, 0.2) is 18.2 Å². The SMILES string of the molecule is CCN(Cc1ccc(C)c(F)c1)C1CNC1. The second-order valence-corrected chi connectivity index (χ2v) is 4.46. The second-order valence-electron chi connectivity index (χ2n) is 4.46. The predicted molar refractivity (Wildman–Crippen MR) is 63.9 cm³/mol. The summed E-state index contributed by atoms with van der Waals surface area (Å²) in [5.41, 5.74) is 1.79. The Balaban J connectivity index is 2.03. The molecule has 2 nitrogen and oxygen atoms in total. The van der Waals surface area contributed by atoms with Gasteiger partial charge in [0.05, 0.1) is 0 Å². The minimum Gasteiger partial charge on any atom is -0.314 e. The fraction of sp³-hybridized carbons (Fsp3) is 0.538. The lowest BCUT2D eigenvalue weighted by atomic mass is 10.1. The van der Waals surface area contributed by atoms with E-state index in [1.54, 1.807) is 13.0 Å². The Morgan fingerprint density at radius 2 is 2.19 bits per heavy atom. The molecule has 1 aromatic rings. The molecule has 3 heteroatoms. The van der Waals surface area contributed by atoms with E-state index in [-0.39, 0.29) is 5.82 Å². The third kappa shape index (κ3) is 2.42. The Bertz CT molecular complexity index is 361. The molecule has 0 unspecified atom stereocenters. The highest BCUT2D eigenvalue weighted by molar-refractivity contribution is 5.23. The first-order valence-electron chi connectivity index (χ1n) is 5.90. The summed E-state index contributed by atoms with van der Waals surface area (Å²) < 4.78 is 13.4. The van der Waals surface area contributed by atoms with Crippen molar-refractivity contribution in [3.05, 3.63) is 35.1 Å². The van der Waals surface area contributed by atoms with Crippen LogP contribution in [0.4, 0.5) is 4.39 Å². The van der Waals surface area contributed by atoms with E-state index >= 15 is 0 Å². The summed E-state index contributed by atoms with van der Waals surface area (Å²) in [5, 5.41) is 3.27. The molecule has 0 saturated carbocycles. The van der Waals surface area contributed by atoms with Gasteiger partial charge in [0.1, 0.15) is 5.82 Å². The molecule has 1 N–H and O–H groups in total. The lowest BCUT2D eigenvalue weighted by molar-refractivity contribution is 0.145. The zero-order valence-corrected chi connectivity index (χ0v) is 9.96. The van der Waals surface area contributed by atoms with Gasteiger partial charge in [-0.15, -0.1) is 0 Å². The molecule has 1 aliphatic rings. The first-order chi connectivity index (χ1) is 7.70. The smallest absolute Gasteiger partial charge is 0.126 e. The first-order valence-corrected chi connectivity index (χ1v) is 5.90. The van der Waals surface area contributed by atoms with Crippen molar-refractivity contribution in [3.63, 3.8) is 0 Å². The van der Waals surface area contributed by atoms with Crippen molar-refractivity contribution in [2.24, 2.45) is 0 Å². The Labute approximate surface area is 96.5 Å². The Morgan fingerprint density at radius 1 is 1.44 bits per heavy atom. The Hall–Kier alpha value is -0.930. The van der Waals surface area contributed by atoms with Crippen LogP contribution < -0.4 is 5.32 Å². The van der Waals surface area contributed by atoms with Crippen LogP contribution in [0.3, 0.4) is 0 Å². The zero-order valence-electron chi connectivity index (χ0n) is 9.96. The lowest BCUT2D eigenvalue weighted by Gasteiger charge is -2.37. The molecule has 0 radical (unpaired) electrons. The minimum atomic E-state index is -0.0970. The summed E-state index contributed by atoms with van der Waals surface area (Å²) in [6, 6.07) is 6.16. The van der Waals surface area contributed by atoms with Gasteiger partial charge in [0.15, 0.2) is 0 Å². The van der Waals surface area contributed by atoms with Gasteiger partial charge in [-0.05, 0) is 30.7 Å². The van der Waals surface area contributed by atoms with Gasteiger partial charge >= 0.3 is 0 Å². The van der Waals surface area contributed by atoms with Crippen LogP contribution in [-0.4, -0.2) is 30.6 Å². The van der Waals surface area contributed by atoms with Crippen molar-refractivity contribution in [1.82, 2.24) is 10.2 Å². The van der Waals surface area contributed by atoms with Crippen molar-refractivity contribution in [1.29, 1.82) is 0 Å². The van der Waals surface area contributed by atoms with Crippen LogP contribution in [0.25, 0.3) is 0 Å². The van der Waals surface area contributed by atoms with Crippen molar-refractivity contribution in [2.45, 2.75) is 26.4 Å². The number of aryl methyl sites for hydroxylation is 1. The van der Waals surface area contributed by atoms with E-state index in [1.807, 2.05) is 12.1 Å². The normalized spacial score (nSPS) is 16.5. The molecule has 0 aromatic heterocycles. The highest BCUT2D eigenvalue weighted by atomic mass is 19.1. The highest BCUT2D eigenvalue weighted by Crippen LogP contribution is 2.14. The summed E-state index contributed by atoms with van der Waals surface area (Å²) in [5.74, 6) is -0.0970. The molecule has 0 amide bonds. The molecule has 1 fully saturated rings. The van der Waals surface area contributed by atoms with E-state index in [0.717, 1.165) is 37.3 Å². The maximum absolute atomic E-state index is 13.4. The molecule has 1 aromatic carbocycles. The first kappa shape index (κ1) is 11.6. The fourth-order valence-electron chi connectivity index (χ4n) is 2.00. The maximum Gasteiger partial charge on any atom is 0.126 e. The van der Waals surface area contributed by atoms with Gasteiger partial charge in [0.25, 0.3) is 0 Å². The maximum atomic E-state index is 13.4. The van der Waals surface area contributed by atoms with Gasteiger partial charge in [-0.3, -0.25) is 4.90 Å². The number of hydrogen-bond acceptors (Lipinski definition) is 2. The van der Waals surface area contributed by atoms with Gasteiger partial charge in [0.2, 0.25) is 0 Å². The average molecular weight is 222 g/mol. The van der Waals surface area contributed by atoms with Gasteiger partial charge in [-0.25, -0.2) is 4.39 Å². The van der Waals surface area contributed by atoms with E-state index in [1.165, 1.54) is 0 Å². The average Bonchev–Trinajstić information content (AvgIpc) is 2.20. The number of hydrogen-bond donors (Lipinski definition) is 1. The summed E-state index contributed by atoms with van der Waals surface area (Å²) >= 11 is 0. The van der Waals surface area contributed by atoms with Crippen LogP contribution in [0, 0.1) is 12.7 Å². The number of halogens is 1. The molecule has 0 atom stereocenters. The molecule has 1 saturated heterocycles.